The zero-order chi connectivity index (χ0) is 21.5. The van der Waals surface area contributed by atoms with Gasteiger partial charge in [-0.05, 0) is 44.9 Å². The predicted octanol–water partition coefficient (Wildman–Crippen LogP) is 4.81. The fourth-order valence-electron chi connectivity index (χ4n) is 4.36. The van der Waals surface area contributed by atoms with E-state index in [-0.39, 0.29) is 35.9 Å². The summed E-state index contributed by atoms with van der Waals surface area (Å²) in [6.45, 7) is 8.08. The third-order valence-corrected chi connectivity index (χ3v) is 7.42. The highest BCUT2D eigenvalue weighted by Gasteiger charge is 2.48. The van der Waals surface area contributed by atoms with Gasteiger partial charge in [0, 0.05) is 29.4 Å². The summed E-state index contributed by atoms with van der Waals surface area (Å²) in [5.74, 6) is -0.428. The van der Waals surface area contributed by atoms with E-state index in [2.05, 4.69) is 25.7 Å². The third kappa shape index (κ3) is 4.27. The molecule has 2 saturated heterocycles. The minimum Gasteiger partial charge on any atom is -0.447 e. The van der Waals surface area contributed by atoms with Gasteiger partial charge in [0.2, 0.25) is 5.91 Å². The van der Waals surface area contributed by atoms with Crippen LogP contribution in [0.15, 0.2) is 42.5 Å². The van der Waals surface area contributed by atoms with Crippen LogP contribution in [-0.2, 0) is 16.0 Å². The number of likely N-dealkylation sites (tertiary alicyclic amines) is 1. The normalized spacial score (nSPS) is 25.0. The lowest BCUT2D eigenvalue weighted by molar-refractivity contribution is -0.133. The Balaban J connectivity index is 1.60. The number of hydrogen-bond donors (Lipinski definition) is 0. The van der Waals surface area contributed by atoms with E-state index in [1.807, 2.05) is 42.5 Å². The van der Waals surface area contributed by atoms with Crippen LogP contribution in [0, 0.1) is 5.92 Å². The predicted molar refractivity (Wildman–Crippen MR) is 119 cm³/mol. The highest BCUT2D eigenvalue weighted by atomic mass is 35.5. The number of thiophene rings is 1. The van der Waals surface area contributed by atoms with E-state index in [4.69, 9.17) is 16.3 Å². The van der Waals surface area contributed by atoms with Crippen LogP contribution in [0.5, 0.6) is 0 Å². The van der Waals surface area contributed by atoms with E-state index in [1.165, 1.54) is 16.2 Å². The van der Waals surface area contributed by atoms with Gasteiger partial charge < -0.3 is 4.74 Å². The molecule has 0 aliphatic carbocycles. The van der Waals surface area contributed by atoms with Crippen LogP contribution in [0.3, 0.4) is 0 Å². The molecular formula is C23H27ClN2O3S. The van der Waals surface area contributed by atoms with Crippen LogP contribution in [0.2, 0.25) is 4.34 Å². The minimum atomic E-state index is -0.530. The smallest absolute Gasteiger partial charge is 0.416 e. The highest BCUT2D eigenvalue weighted by molar-refractivity contribution is 7.16. The molecule has 5 nitrogen and oxygen atoms in total. The summed E-state index contributed by atoms with van der Waals surface area (Å²) < 4.78 is 6.02. The second-order valence-electron chi connectivity index (χ2n) is 9.06. The van der Waals surface area contributed by atoms with Crippen molar-refractivity contribution in [3.63, 3.8) is 0 Å². The topological polar surface area (TPSA) is 49.9 Å². The second-order valence-corrected chi connectivity index (χ2v) is 10.8. The molecule has 7 heteroatoms. The van der Waals surface area contributed by atoms with Crippen molar-refractivity contribution in [1.82, 2.24) is 9.80 Å². The van der Waals surface area contributed by atoms with Gasteiger partial charge in [-0.3, -0.25) is 9.69 Å². The van der Waals surface area contributed by atoms with Gasteiger partial charge in [-0.15, -0.1) is 11.3 Å². The number of carbonyl (C=O) groups is 2. The van der Waals surface area contributed by atoms with Gasteiger partial charge in [-0.25, -0.2) is 9.69 Å². The van der Waals surface area contributed by atoms with E-state index in [0.29, 0.717) is 17.3 Å². The molecule has 2 fully saturated rings. The summed E-state index contributed by atoms with van der Waals surface area (Å²) in [5.41, 5.74) is 1.02. The van der Waals surface area contributed by atoms with Gasteiger partial charge in [0.1, 0.15) is 6.61 Å². The molecule has 0 spiro atoms. The highest BCUT2D eigenvalue weighted by Crippen LogP contribution is 2.41. The Hall–Kier alpha value is -1.89. The van der Waals surface area contributed by atoms with Crippen molar-refractivity contribution in [1.29, 1.82) is 0 Å². The number of halogens is 1. The lowest BCUT2D eigenvalue weighted by atomic mass is 9.92. The molecule has 1 aromatic heterocycles. The molecular weight excluding hydrogens is 420 g/mol. The third-order valence-electron chi connectivity index (χ3n) is 6.06. The SMILES string of the molecule is CC(C)(C)N1CC(C(=O)N2C(=O)OC[C@@H]2Cc2ccccc2)C(c2ccc(Cl)s2)C1. The summed E-state index contributed by atoms with van der Waals surface area (Å²) in [7, 11) is 0. The van der Waals surface area contributed by atoms with E-state index < -0.39 is 6.09 Å². The van der Waals surface area contributed by atoms with E-state index in [1.54, 1.807) is 0 Å². The van der Waals surface area contributed by atoms with Gasteiger partial charge >= 0.3 is 6.09 Å². The van der Waals surface area contributed by atoms with Crippen molar-refractivity contribution >= 4 is 34.9 Å². The average Bonchev–Trinajstić information content (AvgIpc) is 3.40. The number of nitrogens with zero attached hydrogens (tertiary/aromatic N) is 2. The molecule has 2 aromatic rings. The van der Waals surface area contributed by atoms with Crippen molar-refractivity contribution in [2.45, 2.75) is 44.7 Å². The van der Waals surface area contributed by atoms with E-state index >= 15 is 0 Å². The standard InChI is InChI=1S/C23H27ClN2O3S/c1-23(2,3)25-12-17(19-9-10-20(24)30-19)18(13-25)21(27)26-16(14-29-22(26)28)11-15-7-5-4-6-8-15/h4-10,16-18H,11-14H2,1-3H3/t16-,17?,18?/m0/s1. The fraction of sp³-hybridized carbons (Fsp3) is 0.478. The largest absolute Gasteiger partial charge is 0.447 e. The van der Waals surface area contributed by atoms with Crippen molar-refractivity contribution in [2.24, 2.45) is 5.92 Å². The molecule has 2 aliphatic rings. The summed E-state index contributed by atoms with van der Waals surface area (Å²) in [6, 6.07) is 13.5. The number of imide groups is 1. The molecule has 4 rings (SSSR count). The Labute approximate surface area is 186 Å². The van der Waals surface area contributed by atoms with Gasteiger partial charge in [0.25, 0.3) is 0 Å². The molecule has 1 aromatic carbocycles. The zero-order valence-corrected chi connectivity index (χ0v) is 19.1. The number of benzene rings is 1. The maximum atomic E-state index is 13.7. The molecule has 30 heavy (non-hydrogen) atoms. The fourth-order valence-corrected chi connectivity index (χ4v) is 5.58. The summed E-state index contributed by atoms with van der Waals surface area (Å²) in [5, 5.41) is 0. The number of rotatable bonds is 4. The lowest BCUT2D eigenvalue weighted by Crippen LogP contribution is -2.46. The first-order valence-electron chi connectivity index (χ1n) is 10.3. The van der Waals surface area contributed by atoms with Crippen molar-refractivity contribution < 1.29 is 14.3 Å². The Morgan fingerprint density at radius 3 is 2.53 bits per heavy atom. The first-order valence-corrected chi connectivity index (χ1v) is 11.5. The number of amides is 2. The molecule has 0 radical (unpaired) electrons. The quantitative estimate of drug-likeness (QED) is 0.676. The van der Waals surface area contributed by atoms with Gasteiger partial charge in [0.15, 0.2) is 0 Å². The Morgan fingerprint density at radius 1 is 1.17 bits per heavy atom. The van der Waals surface area contributed by atoms with Crippen LogP contribution < -0.4 is 0 Å². The van der Waals surface area contributed by atoms with Gasteiger partial charge in [0.05, 0.1) is 16.3 Å². The van der Waals surface area contributed by atoms with Crippen molar-refractivity contribution in [2.75, 3.05) is 19.7 Å². The average molecular weight is 447 g/mol. The molecule has 0 saturated carbocycles. The Bertz CT molecular complexity index is 924. The minimum absolute atomic E-state index is 0.0139. The maximum Gasteiger partial charge on any atom is 0.416 e. The first kappa shape index (κ1) is 21.3. The Morgan fingerprint density at radius 2 is 1.90 bits per heavy atom. The van der Waals surface area contributed by atoms with Crippen LogP contribution >= 0.6 is 22.9 Å². The number of carbonyl (C=O) groups excluding carboxylic acids is 2. The van der Waals surface area contributed by atoms with E-state index in [0.717, 1.165) is 17.0 Å². The second kappa shape index (κ2) is 8.33. The summed E-state index contributed by atoms with van der Waals surface area (Å²) >= 11 is 7.71. The lowest BCUT2D eigenvalue weighted by Gasteiger charge is -2.32. The number of ether oxygens (including phenoxy) is 1. The molecule has 0 bridgehead atoms. The molecule has 160 valence electrons. The first-order chi connectivity index (χ1) is 14.2. The monoisotopic (exact) mass is 446 g/mol. The summed E-state index contributed by atoms with van der Waals surface area (Å²) in [6.07, 6.45) is 0.0712. The van der Waals surface area contributed by atoms with Gasteiger partial charge in [-0.1, -0.05) is 41.9 Å². The molecule has 2 amide bonds. The molecule has 3 heterocycles. The van der Waals surface area contributed by atoms with Crippen LogP contribution in [-0.4, -0.2) is 53.1 Å². The van der Waals surface area contributed by atoms with Crippen LogP contribution in [0.4, 0.5) is 4.79 Å². The van der Waals surface area contributed by atoms with E-state index in [9.17, 15) is 9.59 Å². The molecule has 2 aliphatic heterocycles. The van der Waals surface area contributed by atoms with Crippen LogP contribution in [0.25, 0.3) is 0 Å². The molecule has 3 atom stereocenters. The zero-order valence-electron chi connectivity index (χ0n) is 17.5. The van der Waals surface area contributed by atoms with Crippen molar-refractivity contribution in [3.8, 4) is 0 Å². The Kier molecular flexibility index (Phi) is 5.93. The summed E-state index contributed by atoms with van der Waals surface area (Å²) in [4.78, 5) is 31.0. The van der Waals surface area contributed by atoms with Gasteiger partial charge in [-0.2, -0.15) is 0 Å². The molecule has 0 N–H and O–H groups in total. The maximum absolute atomic E-state index is 13.7. The molecule has 2 unspecified atom stereocenters. The number of hydrogen-bond acceptors (Lipinski definition) is 5. The number of cyclic esters (lactones) is 1. The van der Waals surface area contributed by atoms with Crippen molar-refractivity contribution in [3.05, 3.63) is 57.2 Å². The van der Waals surface area contributed by atoms with Crippen LogP contribution in [0.1, 0.15) is 37.1 Å².